The molecule has 0 heterocycles. The summed E-state index contributed by atoms with van der Waals surface area (Å²) < 4.78 is 0. The molecule has 0 saturated heterocycles. The van der Waals surface area contributed by atoms with Crippen LogP contribution in [0.4, 0.5) is 0 Å². The fraction of sp³-hybridized carbons (Fsp3) is 0. The molecule has 0 spiro atoms. The van der Waals surface area contributed by atoms with Gasteiger partial charge in [0, 0.05) is 4.94 Å². The molecule has 0 bridgehead atoms. The van der Waals surface area contributed by atoms with Crippen LogP contribution in [0.15, 0.2) is 0 Å². The number of nitrogens with one attached hydrogen (secondary N) is 1. The van der Waals surface area contributed by atoms with Crippen molar-refractivity contribution in [3.05, 3.63) is 0 Å². The standard InChI is InChI=1S/H6N3O4/c1-3(5,6)7-2-4/h2,4-6H,1H2/q+1. The van der Waals surface area contributed by atoms with Crippen molar-refractivity contribution >= 4 is 0 Å². The van der Waals surface area contributed by atoms with E-state index >= 15 is 0 Å². The Hall–Kier alpha value is -0.280. The van der Waals surface area contributed by atoms with Crippen LogP contribution in [0.1, 0.15) is 0 Å². The largest absolute Gasteiger partial charge is 0.287 e. The molecular weight excluding hydrogens is 106 g/mol. The molecule has 0 amide bonds. The van der Waals surface area contributed by atoms with Crippen LogP contribution in [0.3, 0.4) is 0 Å². The second-order valence-electron chi connectivity index (χ2n) is 0.772. The molecule has 0 aromatic carbocycles. The summed E-state index contributed by atoms with van der Waals surface area (Å²) in [6, 6.07) is 0. The highest BCUT2D eigenvalue weighted by molar-refractivity contribution is 3.29. The summed E-state index contributed by atoms with van der Waals surface area (Å²) in [6.45, 7) is 0. The minimum atomic E-state index is -2.27. The van der Waals surface area contributed by atoms with E-state index in [4.69, 9.17) is 15.6 Å². The molecule has 0 saturated carbocycles. The van der Waals surface area contributed by atoms with Gasteiger partial charge in [0.05, 0.1) is 0 Å². The van der Waals surface area contributed by atoms with Crippen molar-refractivity contribution in [2.24, 2.45) is 5.84 Å². The molecule has 0 atom stereocenters. The molecule has 0 aliphatic rings. The molecule has 44 valence electrons. The van der Waals surface area contributed by atoms with E-state index in [1.807, 2.05) is 0 Å². The maximum atomic E-state index is 7.84. The number of hydrogen-bond donors (Lipinski definition) is 5. The van der Waals surface area contributed by atoms with Crippen LogP contribution < -0.4 is 11.5 Å². The molecule has 7 heavy (non-hydrogen) atoms. The highest BCUT2D eigenvalue weighted by Crippen LogP contribution is 1.76. The summed E-state index contributed by atoms with van der Waals surface area (Å²) in [5.74, 6) is 4.25. The lowest BCUT2D eigenvalue weighted by Gasteiger charge is -2.06. The van der Waals surface area contributed by atoms with Gasteiger partial charge < -0.3 is 0 Å². The smallest absolute Gasteiger partial charge is 0.189 e. The Bertz CT molecular complexity index is 45.4. The molecule has 0 aliphatic heterocycles. The third kappa shape index (κ3) is 5.72. The molecule has 0 aliphatic carbocycles. The van der Waals surface area contributed by atoms with Crippen LogP contribution in [0.5, 0.6) is 0 Å². The Morgan fingerprint density at radius 1 is 1.57 bits per heavy atom. The molecule has 0 aromatic rings. The van der Waals surface area contributed by atoms with Crippen LogP contribution >= 0.6 is 0 Å². The normalized spacial score (nSPS) is 12.0. The van der Waals surface area contributed by atoms with Gasteiger partial charge in [-0.15, -0.1) is 10.4 Å². The van der Waals surface area contributed by atoms with Gasteiger partial charge in [-0.25, -0.2) is 0 Å². The van der Waals surface area contributed by atoms with Crippen molar-refractivity contribution in [2.45, 2.75) is 0 Å². The number of hydrogen-bond acceptors (Lipinski definition) is 6. The third-order valence-electron chi connectivity index (χ3n) is 0.175. The second-order valence-corrected chi connectivity index (χ2v) is 0.772. The first kappa shape index (κ1) is 6.72. The van der Waals surface area contributed by atoms with Crippen LogP contribution in [-0.2, 0) is 4.94 Å². The summed E-state index contributed by atoms with van der Waals surface area (Å²) in [4.78, 5) is 3.36. The zero-order valence-electron chi connectivity index (χ0n) is 3.27. The summed E-state index contributed by atoms with van der Waals surface area (Å²) in [5.41, 5.74) is 0.955. The fourth-order valence-corrected chi connectivity index (χ4v) is 0.0601. The SMILES string of the molecule is N[N+](O)(O)ONO. The number of nitrogens with zero attached hydrogens (tertiary/aromatic N) is 1. The topological polar surface area (TPSA) is 108 Å². The Balaban J connectivity index is 3.15. The quantitative estimate of drug-likeness (QED) is 0.165. The molecule has 7 nitrogen and oxygen atoms in total. The number of quaternary nitrogens is 1. The summed E-state index contributed by atoms with van der Waals surface area (Å²) in [7, 11) is 0. The van der Waals surface area contributed by atoms with E-state index in [-0.39, 0.29) is 0 Å². The molecule has 7 heteroatoms. The summed E-state index contributed by atoms with van der Waals surface area (Å²) in [5, 5.41) is 20.9. The van der Waals surface area contributed by atoms with Crippen molar-refractivity contribution in [1.82, 2.24) is 5.64 Å². The van der Waals surface area contributed by atoms with Crippen LogP contribution in [-0.4, -0.2) is 20.7 Å². The van der Waals surface area contributed by atoms with E-state index in [1.165, 1.54) is 0 Å². The van der Waals surface area contributed by atoms with Crippen LogP contribution in [0.25, 0.3) is 0 Å². The Morgan fingerprint density at radius 2 is 2.00 bits per heavy atom. The predicted molar refractivity (Wildman–Crippen MR) is 14.0 cm³/mol. The predicted octanol–water partition coefficient (Wildman–Crippen LogP) is -1.72. The first-order valence-electron chi connectivity index (χ1n) is 1.27. The van der Waals surface area contributed by atoms with Gasteiger partial charge in [0.1, 0.15) is 0 Å². The van der Waals surface area contributed by atoms with Gasteiger partial charge in [-0.2, -0.15) is 0 Å². The van der Waals surface area contributed by atoms with Crippen molar-refractivity contribution < 1.29 is 25.6 Å². The molecule has 0 aromatic heterocycles. The third-order valence-corrected chi connectivity index (χ3v) is 0.175. The van der Waals surface area contributed by atoms with E-state index in [0.29, 0.717) is 0 Å². The lowest BCUT2D eigenvalue weighted by atomic mass is 12.4. The molecule has 0 rings (SSSR count). The summed E-state index contributed by atoms with van der Waals surface area (Å²) >= 11 is 0. The van der Waals surface area contributed by atoms with E-state index in [0.717, 1.165) is 5.64 Å². The van der Waals surface area contributed by atoms with E-state index in [1.54, 1.807) is 0 Å². The maximum Gasteiger partial charge on any atom is 0.189 e. The first-order chi connectivity index (χ1) is 3.06. The van der Waals surface area contributed by atoms with E-state index < -0.39 is 5.08 Å². The van der Waals surface area contributed by atoms with Crippen LogP contribution in [0, 0.1) is 0 Å². The average Bonchev–Trinajstić information content (AvgIpc) is 1.30. The highest BCUT2D eigenvalue weighted by Gasteiger charge is 2.16. The van der Waals surface area contributed by atoms with Crippen molar-refractivity contribution in [3.8, 4) is 0 Å². The lowest BCUT2D eigenvalue weighted by molar-refractivity contribution is -1.38. The van der Waals surface area contributed by atoms with Gasteiger partial charge in [-0.1, -0.05) is 5.84 Å². The van der Waals surface area contributed by atoms with Crippen LogP contribution in [0.2, 0.25) is 0 Å². The minimum absolute atomic E-state index is 0.955. The zero-order chi connectivity index (χ0) is 5.91. The van der Waals surface area contributed by atoms with Gasteiger partial charge in [0.25, 0.3) is 0 Å². The molecule has 0 radical (unpaired) electrons. The Labute approximate surface area is 38.5 Å². The van der Waals surface area contributed by atoms with Crippen molar-refractivity contribution in [3.63, 3.8) is 0 Å². The molecular formula is H6N3O4+. The van der Waals surface area contributed by atoms with Gasteiger partial charge in [0.2, 0.25) is 0 Å². The molecule has 0 unspecified atom stereocenters. The van der Waals surface area contributed by atoms with E-state index in [2.05, 4.69) is 10.8 Å². The number of nitrogens with two attached hydrogens (primary N) is 1. The van der Waals surface area contributed by atoms with Gasteiger partial charge in [-0.05, 0) is 5.64 Å². The van der Waals surface area contributed by atoms with Gasteiger partial charge in [-0.3, -0.25) is 5.21 Å². The molecule has 0 fully saturated rings. The zero-order valence-corrected chi connectivity index (χ0v) is 3.27. The van der Waals surface area contributed by atoms with Gasteiger partial charge >= 0.3 is 0 Å². The second kappa shape index (κ2) is 2.14. The van der Waals surface area contributed by atoms with Crippen molar-refractivity contribution in [2.75, 3.05) is 0 Å². The Morgan fingerprint density at radius 3 is 2.00 bits per heavy atom. The maximum absolute atomic E-state index is 7.84. The first-order valence-corrected chi connectivity index (χ1v) is 1.27. The highest BCUT2D eigenvalue weighted by atomic mass is 17.2. The Kier molecular flexibility index (Phi) is 2.05. The fourth-order valence-electron chi connectivity index (χ4n) is 0.0601. The van der Waals surface area contributed by atoms with Crippen molar-refractivity contribution in [1.29, 1.82) is 0 Å². The van der Waals surface area contributed by atoms with E-state index in [9.17, 15) is 0 Å². The average molecular weight is 112 g/mol. The lowest BCUT2D eigenvalue weighted by Crippen LogP contribution is -2.50. The minimum Gasteiger partial charge on any atom is -0.287 e. The summed E-state index contributed by atoms with van der Waals surface area (Å²) in [6.07, 6.45) is 0. The van der Waals surface area contributed by atoms with Gasteiger partial charge in [0.15, 0.2) is 5.08 Å². The monoisotopic (exact) mass is 112 g/mol. The molecule has 6 N–H and O–H groups in total. The number of rotatable bonds is 2.